The van der Waals surface area contributed by atoms with Crippen LogP contribution in [0, 0.1) is 39.9 Å². The summed E-state index contributed by atoms with van der Waals surface area (Å²) >= 11 is 0. The summed E-state index contributed by atoms with van der Waals surface area (Å²) in [7, 11) is 0. The monoisotopic (exact) mass is 529 g/mol. The predicted octanol–water partition coefficient (Wildman–Crippen LogP) is 9.24. The second-order valence-corrected chi connectivity index (χ2v) is 15.2. The van der Waals surface area contributed by atoms with E-state index in [1.165, 1.54) is 62.5 Å². The van der Waals surface area contributed by atoms with Crippen LogP contribution < -0.4 is 5.73 Å². The third-order valence-corrected chi connectivity index (χ3v) is 12.0. The van der Waals surface area contributed by atoms with Gasteiger partial charge >= 0.3 is 0 Å². The average Bonchev–Trinajstić information content (AvgIpc) is 3.24. The third-order valence-electron chi connectivity index (χ3n) is 12.0. The van der Waals surface area contributed by atoms with Gasteiger partial charge in [-0.1, -0.05) is 110 Å². The standard InChI is InChI=1S/C37H55NO/c1-24(2)9-8-10-25(3)30-16-17-31-29-15-18-33-35(4,5)34(39)28(21-26-11-13-27(23-38)14-12-26)22-37(33,7)32(29)19-20-36(30,31)6/h11-14,17,21,24-25,30,33-34,39H,8-10,15-16,18-20,22-23,38H2,1-7H3/b28-21+/t25-,30-,33+,34+,36-,37-/m1/s1. The Bertz CT molecular complexity index is 1150. The van der Waals surface area contributed by atoms with Crippen molar-refractivity contribution in [2.45, 2.75) is 119 Å². The van der Waals surface area contributed by atoms with Gasteiger partial charge in [-0.2, -0.15) is 0 Å². The minimum Gasteiger partial charge on any atom is -0.388 e. The van der Waals surface area contributed by atoms with Crippen LogP contribution in [-0.4, -0.2) is 11.2 Å². The summed E-state index contributed by atoms with van der Waals surface area (Å²) in [5.41, 5.74) is 14.8. The lowest BCUT2D eigenvalue weighted by Gasteiger charge is -2.60. The molecule has 0 heterocycles. The number of aliphatic hydroxyl groups excluding tert-OH is 1. The normalized spacial score (nSPS) is 35.5. The molecule has 0 aromatic heterocycles. The molecule has 1 aromatic rings. The van der Waals surface area contributed by atoms with Gasteiger partial charge in [0, 0.05) is 6.54 Å². The quantitative estimate of drug-likeness (QED) is 0.370. The van der Waals surface area contributed by atoms with E-state index in [0.717, 1.165) is 29.7 Å². The number of benzene rings is 1. The van der Waals surface area contributed by atoms with Crippen LogP contribution in [0.1, 0.15) is 117 Å². The molecule has 0 saturated heterocycles. The van der Waals surface area contributed by atoms with E-state index in [9.17, 15) is 5.11 Å². The van der Waals surface area contributed by atoms with Gasteiger partial charge in [-0.25, -0.2) is 0 Å². The van der Waals surface area contributed by atoms with Crippen LogP contribution in [0.3, 0.4) is 0 Å². The van der Waals surface area contributed by atoms with Crippen molar-refractivity contribution in [2.75, 3.05) is 0 Å². The fraction of sp³-hybridized carbons (Fsp3) is 0.676. The van der Waals surface area contributed by atoms with Crippen molar-refractivity contribution >= 4 is 6.08 Å². The topological polar surface area (TPSA) is 46.2 Å². The molecule has 3 N–H and O–H groups in total. The van der Waals surface area contributed by atoms with Gasteiger partial charge in [0.25, 0.3) is 0 Å². The minimum atomic E-state index is -0.400. The van der Waals surface area contributed by atoms with E-state index in [4.69, 9.17) is 5.73 Å². The molecule has 0 bridgehead atoms. The van der Waals surface area contributed by atoms with Gasteiger partial charge < -0.3 is 10.8 Å². The molecule has 2 nitrogen and oxygen atoms in total. The fourth-order valence-corrected chi connectivity index (χ4v) is 9.77. The lowest BCUT2D eigenvalue weighted by molar-refractivity contribution is -0.0568. The number of rotatable bonds is 7. The molecule has 1 fully saturated rings. The van der Waals surface area contributed by atoms with E-state index >= 15 is 0 Å². The van der Waals surface area contributed by atoms with Crippen LogP contribution in [0.25, 0.3) is 6.08 Å². The summed E-state index contributed by atoms with van der Waals surface area (Å²) in [5, 5.41) is 11.7. The van der Waals surface area contributed by atoms with Gasteiger partial charge in [-0.05, 0) is 106 Å². The first-order valence-electron chi connectivity index (χ1n) is 16.0. The van der Waals surface area contributed by atoms with E-state index < -0.39 is 6.10 Å². The predicted molar refractivity (Wildman–Crippen MR) is 166 cm³/mol. The van der Waals surface area contributed by atoms with Crippen molar-refractivity contribution in [3.63, 3.8) is 0 Å². The summed E-state index contributed by atoms with van der Waals surface area (Å²) in [6.45, 7) is 17.6. The van der Waals surface area contributed by atoms with Crippen molar-refractivity contribution in [1.29, 1.82) is 0 Å². The zero-order valence-corrected chi connectivity index (χ0v) is 25.9. The first kappa shape index (κ1) is 28.9. The zero-order chi connectivity index (χ0) is 28.2. The number of allylic oxidation sites excluding steroid dienone is 4. The molecule has 0 amide bonds. The van der Waals surface area contributed by atoms with Crippen molar-refractivity contribution in [1.82, 2.24) is 0 Å². The summed E-state index contributed by atoms with van der Waals surface area (Å²) in [4.78, 5) is 0. The Morgan fingerprint density at radius 2 is 1.72 bits per heavy atom. The van der Waals surface area contributed by atoms with Gasteiger partial charge in [0.15, 0.2) is 0 Å². The number of fused-ring (bicyclic) bond motifs is 4. The first-order valence-corrected chi connectivity index (χ1v) is 16.0. The van der Waals surface area contributed by atoms with Crippen LogP contribution in [0.2, 0.25) is 0 Å². The Labute approximate surface area is 239 Å². The van der Waals surface area contributed by atoms with E-state index in [2.05, 4.69) is 84.9 Å². The van der Waals surface area contributed by atoms with Crippen LogP contribution in [0.4, 0.5) is 0 Å². The Balaban J connectivity index is 1.45. The maximum Gasteiger partial charge on any atom is 0.0807 e. The number of hydrogen-bond acceptors (Lipinski definition) is 2. The summed E-state index contributed by atoms with van der Waals surface area (Å²) < 4.78 is 0. The highest BCUT2D eigenvalue weighted by molar-refractivity contribution is 5.57. The number of hydrogen-bond donors (Lipinski definition) is 2. The molecular formula is C37H55NO. The first-order chi connectivity index (χ1) is 18.4. The van der Waals surface area contributed by atoms with Crippen LogP contribution >= 0.6 is 0 Å². The number of aliphatic hydroxyl groups is 1. The molecule has 214 valence electrons. The van der Waals surface area contributed by atoms with Crippen molar-refractivity contribution in [3.05, 3.63) is 63.8 Å². The molecule has 0 spiro atoms. The minimum absolute atomic E-state index is 0.114. The maximum atomic E-state index is 11.7. The van der Waals surface area contributed by atoms with Gasteiger partial charge in [-0.3, -0.25) is 0 Å². The molecule has 0 unspecified atom stereocenters. The lowest BCUT2D eigenvalue weighted by atomic mass is 9.45. The Morgan fingerprint density at radius 3 is 2.38 bits per heavy atom. The van der Waals surface area contributed by atoms with Gasteiger partial charge in [0.2, 0.25) is 0 Å². The summed E-state index contributed by atoms with van der Waals surface area (Å²) in [6.07, 6.45) is 15.8. The van der Waals surface area contributed by atoms with Crippen molar-refractivity contribution in [2.24, 2.45) is 45.7 Å². The molecule has 0 radical (unpaired) electrons. The molecule has 39 heavy (non-hydrogen) atoms. The van der Waals surface area contributed by atoms with Crippen molar-refractivity contribution < 1.29 is 5.11 Å². The maximum absolute atomic E-state index is 11.7. The average molecular weight is 530 g/mol. The Morgan fingerprint density at radius 1 is 1.00 bits per heavy atom. The molecule has 1 aromatic carbocycles. The Hall–Kier alpha value is -1.64. The van der Waals surface area contributed by atoms with Crippen molar-refractivity contribution in [3.8, 4) is 0 Å². The van der Waals surface area contributed by atoms with Crippen LogP contribution in [0.15, 0.2) is 52.6 Å². The fourth-order valence-electron chi connectivity index (χ4n) is 9.77. The van der Waals surface area contributed by atoms with Crippen LogP contribution in [0.5, 0.6) is 0 Å². The summed E-state index contributed by atoms with van der Waals surface area (Å²) in [5.74, 6) is 2.90. The van der Waals surface area contributed by atoms with E-state index in [1.807, 2.05) is 0 Å². The molecule has 4 aliphatic carbocycles. The summed E-state index contributed by atoms with van der Waals surface area (Å²) in [6, 6.07) is 8.56. The van der Waals surface area contributed by atoms with E-state index in [1.54, 1.807) is 16.7 Å². The SMILES string of the molecule is CC(C)CCC[C@@H](C)[C@H]1CC=C2C3=C(CC[C@@]21C)[C@@]1(C)C/C(=C\c2ccc(CN)cc2)[C@H](O)C(C)(C)[C@@H]1CC3. The van der Waals surface area contributed by atoms with E-state index in [-0.39, 0.29) is 10.8 Å². The second kappa shape index (κ2) is 10.6. The van der Waals surface area contributed by atoms with Gasteiger partial charge in [0.05, 0.1) is 6.10 Å². The zero-order valence-electron chi connectivity index (χ0n) is 25.9. The Kier molecular flexibility index (Phi) is 7.88. The lowest BCUT2D eigenvalue weighted by Crippen LogP contribution is -2.54. The molecule has 2 heteroatoms. The highest BCUT2D eigenvalue weighted by Gasteiger charge is 2.58. The third kappa shape index (κ3) is 4.93. The highest BCUT2D eigenvalue weighted by atomic mass is 16.3. The molecule has 6 atom stereocenters. The molecule has 5 rings (SSSR count). The molecule has 4 aliphatic rings. The number of nitrogens with two attached hydrogens (primary N) is 1. The molecular weight excluding hydrogens is 474 g/mol. The highest BCUT2D eigenvalue weighted by Crippen LogP contribution is 2.67. The molecule has 1 saturated carbocycles. The largest absolute Gasteiger partial charge is 0.388 e. The van der Waals surface area contributed by atoms with E-state index in [0.29, 0.717) is 17.9 Å². The van der Waals surface area contributed by atoms with Gasteiger partial charge in [-0.15, -0.1) is 0 Å². The second-order valence-electron chi connectivity index (χ2n) is 15.2. The molecule has 0 aliphatic heterocycles. The van der Waals surface area contributed by atoms with Crippen LogP contribution in [-0.2, 0) is 6.54 Å². The van der Waals surface area contributed by atoms with Gasteiger partial charge in [0.1, 0.15) is 0 Å². The smallest absolute Gasteiger partial charge is 0.0807 e.